The summed E-state index contributed by atoms with van der Waals surface area (Å²) in [6.07, 6.45) is 4.78. The Bertz CT molecular complexity index is 734. The van der Waals surface area contributed by atoms with E-state index in [1.807, 2.05) is 18.2 Å². The first-order valence-corrected chi connectivity index (χ1v) is 9.85. The van der Waals surface area contributed by atoms with E-state index in [0.29, 0.717) is 10.9 Å². The second-order valence-electron chi connectivity index (χ2n) is 6.26. The Balaban J connectivity index is 2.48. The van der Waals surface area contributed by atoms with Crippen molar-refractivity contribution in [1.29, 1.82) is 0 Å². The summed E-state index contributed by atoms with van der Waals surface area (Å²) in [4.78, 5) is 9.70. The number of hydrogen-bond donors (Lipinski definition) is 0. The van der Waals surface area contributed by atoms with Gasteiger partial charge in [0.2, 0.25) is 5.88 Å². The third-order valence-electron chi connectivity index (χ3n) is 4.45. The summed E-state index contributed by atoms with van der Waals surface area (Å²) in [6, 6.07) is 5.64. The van der Waals surface area contributed by atoms with Crippen LogP contribution in [0.1, 0.15) is 58.3 Å². The molecule has 5 heteroatoms. The van der Waals surface area contributed by atoms with Crippen molar-refractivity contribution in [2.45, 2.75) is 65.9 Å². The van der Waals surface area contributed by atoms with Crippen LogP contribution in [0.4, 0.5) is 0 Å². The molecule has 1 heterocycles. The van der Waals surface area contributed by atoms with Gasteiger partial charge in [-0.1, -0.05) is 45.7 Å². The summed E-state index contributed by atoms with van der Waals surface area (Å²) in [6.45, 7) is 8.46. The van der Waals surface area contributed by atoms with Gasteiger partial charge in [0.05, 0.1) is 23.5 Å². The average molecular weight is 377 g/mol. The third kappa shape index (κ3) is 4.67. The van der Waals surface area contributed by atoms with Gasteiger partial charge in [-0.15, -0.1) is 0 Å². The molecule has 142 valence electrons. The lowest BCUT2D eigenvalue weighted by Crippen LogP contribution is -2.18. The summed E-state index contributed by atoms with van der Waals surface area (Å²) in [7, 11) is 1.63. The zero-order valence-corrected chi connectivity index (χ0v) is 17.2. The number of aryl methyl sites for hydroxylation is 2. The highest BCUT2D eigenvalue weighted by molar-refractivity contribution is 6.33. The molecule has 0 fully saturated rings. The fourth-order valence-electron chi connectivity index (χ4n) is 2.92. The summed E-state index contributed by atoms with van der Waals surface area (Å²) in [5.41, 5.74) is 3.47. The van der Waals surface area contributed by atoms with Gasteiger partial charge in [0.15, 0.2) is 0 Å². The third-order valence-corrected chi connectivity index (χ3v) is 4.76. The highest BCUT2D eigenvalue weighted by Gasteiger charge is 2.19. The fourth-order valence-corrected chi connectivity index (χ4v) is 3.18. The number of hydrogen-bond acceptors (Lipinski definition) is 4. The SMILES string of the molecule is CCCC(CC)Oc1nc(CC)c(-c2ccc(OC)cc2Cl)nc1CC. The molecule has 0 radical (unpaired) electrons. The number of nitrogens with zero attached hydrogens (tertiary/aromatic N) is 2. The van der Waals surface area contributed by atoms with E-state index in [2.05, 4.69) is 27.7 Å². The molecular formula is C21H29ClN2O2. The number of ether oxygens (including phenoxy) is 2. The Morgan fingerprint density at radius 2 is 1.77 bits per heavy atom. The van der Waals surface area contributed by atoms with E-state index in [0.717, 1.165) is 60.5 Å². The molecule has 1 atom stereocenters. The van der Waals surface area contributed by atoms with Crippen LogP contribution in [0.5, 0.6) is 11.6 Å². The number of halogens is 1. The van der Waals surface area contributed by atoms with Crippen molar-refractivity contribution >= 4 is 11.6 Å². The Morgan fingerprint density at radius 3 is 2.31 bits per heavy atom. The zero-order valence-electron chi connectivity index (χ0n) is 16.4. The molecular weight excluding hydrogens is 348 g/mol. The summed E-state index contributed by atoms with van der Waals surface area (Å²) < 4.78 is 11.4. The predicted octanol–water partition coefficient (Wildman–Crippen LogP) is 5.89. The van der Waals surface area contributed by atoms with Crippen molar-refractivity contribution in [3.05, 3.63) is 34.6 Å². The molecule has 0 aliphatic heterocycles. The standard InChI is InChI=1S/C21H29ClN2O2/c1-6-10-14(7-2)26-21-19(9-4)23-20(18(8-3)24-21)16-12-11-15(25-5)13-17(16)22/h11-14H,6-10H2,1-5H3. The first kappa shape index (κ1) is 20.5. The van der Waals surface area contributed by atoms with E-state index in [1.165, 1.54) is 0 Å². The van der Waals surface area contributed by atoms with E-state index >= 15 is 0 Å². The molecule has 2 rings (SSSR count). The molecule has 0 aliphatic carbocycles. The molecule has 0 saturated heterocycles. The van der Waals surface area contributed by atoms with E-state index in [4.69, 9.17) is 31.0 Å². The summed E-state index contributed by atoms with van der Waals surface area (Å²) >= 11 is 6.48. The van der Waals surface area contributed by atoms with Crippen LogP contribution in [0.25, 0.3) is 11.3 Å². The maximum absolute atomic E-state index is 6.48. The highest BCUT2D eigenvalue weighted by atomic mass is 35.5. The molecule has 0 aliphatic rings. The monoisotopic (exact) mass is 376 g/mol. The van der Waals surface area contributed by atoms with Gasteiger partial charge in [0.1, 0.15) is 17.5 Å². The van der Waals surface area contributed by atoms with Crippen LogP contribution in [-0.4, -0.2) is 23.2 Å². The molecule has 1 unspecified atom stereocenters. The molecule has 4 nitrogen and oxygen atoms in total. The van der Waals surface area contributed by atoms with Gasteiger partial charge in [-0.25, -0.2) is 9.97 Å². The number of aromatic nitrogens is 2. The Morgan fingerprint density at radius 1 is 1.04 bits per heavy atom. The van der Waals surface area contributed by atoms with Crippen molar-refractivity contribution in [3.63, 3.8) is 0 Å². The Labute approximate surface area is 161 Å². The molecule has 26 heavy (non-hydrogen) atoms. The first-order chi connectivity index (χ1) is 12.6. The predicted molar refractivity (Wildman–Crippen MR) is 107 cm³/mol. The van der Waals surface area contributed by atoms with Crippen LogP contribution in [-0.2, 0) is 12.8 Å². The topological polar surface area (TPSA) is 44.2 Å². The molecule has 1 aromatic heterocycles. The van der Waals surface area contributed by atoms with Gasteiger partial charge in [-0.3, -0.25) is 0 Å². The Kier molecular flexibility index (Phi) is 7.70. The molecule has 0 spiro atoms. The Hall–Kier alpha value is -1.81. The summed E-state index contributed by atoms with van der Waals surface area (Å²) in [5.74, 6) is 1.39. The maximum Gasteiger partial charge on any atom is 0.236 e. The van der Waals surface area contributed by atoms with Gasteiger partial charge in [0, 0.05) is 5.56 Å². The van der Waals surface area contributed by atoms with Crippen LogP contribution >= 0.6 is 11.6 Å². The van der Waals surface area contributed by atoms with Gasteiger partial charge < -0.3 is 9.47 Å². The largest absolute Gasteiger partial charge is 0.497 e. The average Bonchev–Trinajstić information content (AvgIpc) is 2.67. The quantitative estimate of drug-likeness (QED) is 0.547. The van der Waals surface area contributed by atoms with Crippen molar-refractivity contribution in [2.24, 2.45) is 0 Å². The normalized spacial score (nSPS) is 12.1. The number of benzene rings is 1. The minimum Gasteiger partial charge on any atom is -0.497 e. The van der Waals surface area contributed by atoms with Crippen LogP contribution in [0.2, 0.25) is 5.02 Å². The lowest BCUT2D eigenvalue weighted by Gasteiger charge is -2.20. The number of rotatable bonds is 9. The van der Waals surface area contributed by atoms with Crippen molar-refractivity contribution in [3.8, 4) is 22.9 Å². The lowest BCUT2D eigenvalue weighted by molar-refractivity contribution is 0.175. The lowest BCUT2D eigenvalue weighted by atomic mass is 10.1. The molecule has 0 bridgehead atoms. The van der Waals surface area contributed by atoms with Crippen LogP contribution in [0.15, 0.2) is 18.2 Å². The smallest absolute Gasteiger partial charge is 0.236 e. The minimum atomic E-state index is 0.180. The van der Waals surface area contributed by atoms with Crippen LogP contribution in [0.3, 0.4) is 0 Å². The molecule has 0 amide bonds. The second kappa shape index (κ2) is 9.77. The number of methoxy groups -OCH3 is 1. The van der Waals surface area contributed by atoms with Crippen molar-refractivity contribution in [2.75, 3.05) is 7.11 Å². The second-order valence-corrected chi connectivity index (χ2v) is 6.67. The molecule has 2 aromatic rings. The molecule has 0 N–H and O–H groups in total. The minimum absolute atomic E-state index is 0.180. The fraction of sp³-hybridized carbons (Fsp3) is 0.524. The zero-order chi connectivity index (χ0) is 19.1. The van der Waals surface area contributed by atoms with E-state index < -0.39 is 0 Å². The van der Waals surface area contributed by atoms with Crippen molar-refractivity contribution in [1.82, 2.24) is 9.97 Å². The van der Waals surface area contributed by atoms with E-state index in [9.17, 15) is 0 Å². The van der Waals surface area contributed by atoms with Gasteiger partial charge in [0.25, 0.3) is 0 Å². The van der Waals surface area contributed by atoms with Gasteiger partial charge >= 0.3 is 0 Å². The van der Waals surface area contributed by atoms with E-state index in [-0.39, 0.29) is 6.10 Å². The van der Waals surface area contributed by atoms with Gasteiger partial charge in [-0.2, -0.15) is 0 Å². The van der Waals surface area contributed by atoms with Crippen LogP contribution in [0, 0.1) is 0 Å². The highest BCUT2D eigenvalue weighted by Crippen LogP contribution is 2.33. The van der Waals surface area contributed by atoms with Gasteiger partial charge in [-0.05, 0) is 43.9 Å². The molecule has 1 aromatic carbocycles. The molecule has 0 saturated carbocycles. The maximum atomic E-state index is 6.48. The van der Waals surface area contributed by atoms with Crippen LogP contribution < -0.4 is 9.47 Å². The van der Waals surface area contributed by atoms with Crippen molar-refractivity contribution < 1.29 is 9.47 Å². The van der Waals surface area contributed by atoms with E-state index in [1.54, 1.807) is 7.11 Å². The first-order valence-electron chi connectivity index (χ1n) is 9.48. The summed E-state index contributed by atoms with van der Waals surface area (Å²) in [5, 5.41) is 0.612.